The molecule has 188 valence electrons. The number of carboxylic acid groups (broad SMARTS) is 2. The topological polar surface area (TPSA) is 188 Å². The Morgan fingerprint density at radius 3 is 1.85 bits per heavy atom. The molecule has 0 radical (unpaired) electrons. The highest BCUT2D eigenvalue weighted by Crippen LogP contribution is 2.09. The number of nitrogens with two attached hydrogens (primary N) is 1. The van der Waals surface area contributed by atoms with Gasteiger partial charge in [-0.3, -0.25) is 19.2 Å². The summed E-state index contributed by atoms with van der Waals surface area (Å²) in [7, 11) is 0. The maximum atomic E-state index is 13.0. The Balaban J connectivity index is 3.11. The average Bonchev–Trinajstić information content (AvgIpc) is 2.75. The van der Waals surface area contributed by atoms with Crippen molar-refractivity contribution in [1.82, 2.24) is 16.0 Å². The van der Waals surface area contributed by atoms with Crippen LogP contribution in [0.15, 0.2) is 30.3 Å². The van der Waals surface area contributed by atoms with E-state index in [1.165, 1.54) is 6.92 Å². The van der Waals surface area contributed by atoms with Crippen molar-refractivity contribution in [2.24, 2.45) is 11.7 Å². The normalized spacial score (nSPS) is 14.4. The lowest BCUT2D eigenvalue weighted by Gasteiger charge is -2.25. The second kappa shape index (κ2) is 13.9. The maximum absolute atomic E-state index is 13.0. The van der Waals surface area contributed by atoms with Crippen LogP contribution in [-0.4, -0.2) is 64.0 Å². The van der Waals surface area contributed by atoms with Gasteiger partial charge in [-0.2, -0.15) is 0 Å². The van der Waals surface area contributed by atoms with Crippen LogP contribution in [-0.2, 0) is 30.4 Å². The minimum Gasteiger partial charge on any atom is -0.481 e. The Hall–Kier alpha value is -3.47. The van der Waals surface area contributed by atoms with Crippen molar-refractivity contribution in [3.05, 3.63) is 35.9 Å². The van der Waals surface area contributed by atoms with Crippen LogP contribution in [0.25, 0.3) is 0 Å². The second-order valence-corrected chi connectivity index (χ2v) is 8.56. The summed E-state index contributed by atoms with van der Waals surface area (Å²) >= 11 is 0. The number of carbonyl (C=O) groups excluding carboxylic acids is 3. The highest BCUT2D eigenvalue weighted by atomic mass is 16.4. The van der Waals surface area contributed by atoms with Gasteiger partial charge >= 0.3 is 11.9 Å². The van der Waals surface area contributed by atoms with Crippen molar-refractivity contribution in [3.63, 3.8) is 0 Å². The average molecular weight is 479 g/mol. The van der Waals surface area contributed by atoms with Crippen LogP contribution in [0.1, 0.15) is 45.6 Å². The van der Waals surface area contributed by atoms with E-state index in [-0.39, 0.29) is 25.2 Å². The Bertz CT molecular complexity index is 858. The zero-order valence-electron chi connectivity index (χ0n) is 19.6. The van der Waals surface area contributed by atoms with E-state index >= 15 is 0 Å². The molecule has 0 spiro atoms. The molecule has 0 aliphatic heterocycles. The molecule has 0 saturated carbocycles. The molecule has 0 saturated heterocycles. The van der Waals surface area contributed by atoms with Crippen LogP contribution in [0.3, 0.4) is 0 Å². The molecule has 1 aromatic rings. The SMILES string of the molecule is CC(C)CC(NC(=O)C(Cc1ccccc1)NC(=O)C(CCC(=O)O)NC(=O)C(C)N)C(=O)O. The molecule has 0 aliphatic rings. The van der Waals surface area contributed by atoms with Crippen LogP contribution in [0.2, 0.25) is 0 Å². The smallest absolute Gasteiger partial charge is 0.326 e. The molecule has 7 N–H and O–H groups in total. The van der Waals surface area contributed by atoms with Gasteiger partial charge < -0.3 is 31.9 Å². The van der Waals surface area contributed by atoms with Gasteiger partial charge in [0.2, 0.25) is 17.7 Å². The third-order valence-corrected chi connectivity index (χ3v) is 4.93. The Labute approximate surface area is 198 Å². The number of carbonyl (C=O) groups is 5. The summed E-state index contributed by atoms with van der Waals surface area (Å²) in [5.41, 5.74) is 6.24. The number of nitrogens with one attached hydrogen (secondary N) is 3. The summed E-state index contributed by atoms with van der Waals surface area (Å²) in [5, 5.41) is 25.9. The van der Waals surface area contributed by atoms with Gasteiger partial charge in [0.1, 0.15) is 18.1 Å². The number of hydrogen-bond donors (Lipinski definition) is 6. The molecule has 11 heteroatoms. The van der Waals surface area contributed by atoms with Gasteiger partial charge in [-0.25, -0.2) is 4.79 Å². The fourth-order valence-electron chi connectivity index (χ4n) is 3.14. The van der Waals surface area contributed by atoms with Crippen molar-refractivity contribution >= 4 is 29.7 Å². The number of hydrogen-bond acceptors (Lipinski definition) is 6. The van der Waals surface area contributed by atoms with Crippen molar-refractivity contribution in [1.29, 1.82) is 0 Å². The molecule has 34 heavy (non-hydrogen) atoms. The molecule has 4 atom stereocenters. The molecule has 1 aromatic carbocycles. The molecule has 3 amide bonds. The molecule has 0 aromatic heterocycles. The summed E-state index contributed by atoms with van der Waals surface area (Å²) in [4.78, 5) is 60.6. The van der Waals surface area contributed by atoms with E-state index in [9.17, 15) is 29.1 Å². The number of rotatable bonds is 14. The van der Waals surface area contributed by atoms with Crippen molar-refractivity contribution in [2.75, 3.05) is 0 Å². The summed E-state index contributed by atoms with van der Waals surface area (Å²) in [6, 6.07) is 4.29. The quantitative estimate of drug-likeness (QED) is 0.216. The summed E-state index contributed by atoms with van der Waals surface area (Å²) in [5.74, 6) is -4.50. The summed E-state index contributed by atoms with van der Waals surface area (Å²) in [6.07, 6.45) is -0.370. The summed E-state index contributed by atoms with van der Waals surface area (Å²) < 4.78 is 0. The molecule has 0 aliphatic carbocycles. The van der Waals surface area contributed by atoms with Crippen LogP contribution in [0.4, 0.5) is 0 Å². The van der Waals surface area contributed by atoms with Crippen LogP contribution < -0.4 is 21.7 Å². The standard InChI is InChI=1S/C23H34N4O7/c1-13(2)11-18(23(33)34)27-22(32)17(12-15-7-5-4-6-8-15)26-21(31)16(9-10-19(28)29)25-20(30)14(3)24/h4-8,13-14,16-18H,9-12,24H2,1-3H3,(H,25,30)(H,26,31)(H,27,32)(H,28,29)(H,33,34). The Morgan fingerprint density at radius 1 is 0.824 bits per heavy atom. The van der Waals surface area contributed by atoms with E-state index in [0.717, 1.165) is 0 Å². The van der Waals surface area contributed by atoms with E-state index in [2.05, 4.69) is 16.0 Å². The van der Waals surface area contributed by atoms with Gasteiger partial charge in [0, 0.05) is 12.8 Å². The molecule has 0 fully saturated rings. The lowest BCUT2D eigenvalue weighted by molar-refractivity contribution is -0.142. The first-order valence-corrected chi connectivity index (χ1v) is 11.1. The van der Waals surface area contributed by atoms with E-state index in [4.69, 9.17) is 10.8 Å². The van der Waals surface area contributed by atoms with Crippen molar-refractivity contribution < 1.29 is 34.2 Å². The molecule has 0 heterocycles. The van der Waals surface area contributed by atoms with Gasteiger partial charge in [0.05, 0.1) is 6.04 Å². The Kier molecular flexibility index (Phi) is 11.7. The third kappa shape index (κ3) is 10.4. The maximum Gasteiger partial charge on any atom is 0.326 e. The summed E-state index contributed by atoms with van der Waals surface area (Å²) in [6.45, 7) is 5.05. The fourth-order valence-corrected chi connectivity index (χ4v) is 3.14. The van der Waals surface area contributed by atoms with Gasteiger partial charge in [-0.05, 0) is 31.2 Å². The van der Waals surface area contributed by atoms with E-state index in [1.807, 2.05) is 13.8 Å². The van der Waals surface area contributed by atoms with E-state index < -0.39 is 60.2 Å². The molecular formula is C23H34N4O7. The van der Waals surface area contributed by atoms with Crippen LogP contribution in [0.5, 0.6) is 0 Å². The van der Waals surface area contributed by atoms with E-state index in [0.29, 0.717) is 5.56 Å². The predicted molar refractivity (Wildman–Crippen MR) is 124 cm³/mol. The first-order chi connectivity index (χ1) is 15.9. The van der Waals surface area contributed by atoms with Gasteiger partial charge in [0.25, 0.3) is 0 Å². The van der Waals surface area contributed by atoms with Crippen molar-refractivity contribution in [2.45, 2.75) is 70.6 Å². The highest BCUT2D eigenvalue weighted by Gasteiger charge is 2.30. The third-order valence-electron chi connectivity index (χ3n) is 4.93. The zero-order chi connectivity index (χ0) is 25.8. The molecule has 0 bridgehead atoms. The molecule has 4 unspecified atom stereocenters. The molecular weight excluding hydrogens is 444 g/mol. The highest BCUT2D eigenvalue weighted by molar-refractivity contribution is 5.94. The second-order valence-electron chi connectivity index (χ2n) is 8.56. The number of amides is 3. The molecule has 1 rings (SSSR count). The first kappa shape index (κ1) is 28.6. The number of aliphatic carboxylic acids is 2. The van der Waals surface area contributed by atoms with Crippen LogP contribution in [0, 0.1) is 5.92 Å². The minimum absolute atomic E-state index is 0.00238. The van der Waals surface area contributed by atoms with Crippen LogP contribution >= 0.6 is 0 Å². The van der Waals surface area contributed by atoms with Crippen molar-refractivity contribution in [3.8, 4) is 0 Å². The lowest BCUT2D eigenvalue weighted by atomic mass is 10.0. The van der Waals surface area contributed by atoms with Gasteiger partial charge in [-0.15, -0.1) is 0 Å². The largest absolute Gasteiger partial charge is 0.481 e. The van der Waals surface area contributed by atoms with E-state index in [1.54, 1.807) is 30.3 Å². The first-order valence-electron chi connectivity index (χ1n) is 11.1. The molecule has 11 nitrogen and oxygen atoms in total. The number of benzene rings is 1. The fraction of sp³-hybridized carbons (Fsp3) is 0.522. The van der Waals surface area contributed by atoms with Gasteiger partial charge in [0.15, 0.2) is 0 Å². The minimum atomic E-state index is -1.24. The van der Waals surface area contributed by atoms with Gasteiger partial charge in [-0.1, -0.05) is 44.2 Å². The Morgan fingerprint density at radius 2 is 1.35 bits per heavy atom. The lowest BCUT2D eigenvalue weighted by Crippen LogP contribution is -2.57. The monoisotopic (exact) mass is 478 g/mol. The number of carboxylic acids is 2. The zero-order valence-corrected chi connectivity index (χ0v) is 19.6. The predicted octanol–water partition coefficient (Wildman–Crippen LogP) is 0.0262.